The summed E-state index contributed by atoms with van der Waals surface area (Å²) in [5.74, 6) is -3.20. The minimum absolute atomic E-state index is 0.0667. The fourth-order valence-corrected chi connectivity index (χ4v) is 2.99. The summed E-state index contributed by atoms with van der Waals surface area (Å²) in [7, 11) is 0. The van der Waals surface area contributed by atoms with Gasteiger partial charge in [0.15, 0.2) is 10.9 Å². The van der Waals surface area contributed by atoms with Crippen LogP contribution < -0.4 is 4.74 Å². The standard InChI is InChI=1S/C18H10F6N2OS/c19-10-3-1-4-11(7-10)27-16-8-15(18(22,23)24)25-17(26-16)28-9-12-13(20)5-2-6-14(12)21/h1-8H,9H2. The van der Waals surface area contributed by atoms with E-state index in [0.29, 0.717) is 17.8 Å². The summed E-state index contributed by atoms with van der Waals surface area (Å²) in [5.41, 5.74) is -1.62. The number of alkyl halides is 3. The highest BCUT2D eigenvalue weighted by atomic mass is 32.2. The molecule has 0 aliphatic heterocycles. The van der Waals surface area contributed by atoms with Gasteiger partial charge in [-0.1, -0.05) is 23.9 Å². The Morgan fingerprint density at radius 1 is 0.893 bits per heavy atom. The second kappa shape index (κ2) is 8.09. The van der Waals surface area contributed by atoms with Gasteiger partial charge in [0, 0.05) is 23.4 Å². The van der Waals surface area contributed by atoms with E-state index in [-0.39, 0.29) is 17.1 Å². The number of ether oxygens (including phenoxy) is 1. The van der Waals surface area contributed by atoms with Gasteiger partial charge in [-0.3, -0.25) is 0 Å². The lowest BCUT2D eigenvalue weighted by molar-refractivity contribution is -0.141. The fourth-order valence-electron chi connectivity index (χ4n) is 2.12. The topological polar surface area (TPSA) is 35.0 Å². The van der Waals surface area contributed by atoms with Gasteiger partial charge in [0.05, 0.1) is 0 Å². The smallest absolute Gasteiger partial charge is 0.433 e. The number of aromatic nitrogens is 2. The summed E-state index contributed by atoms with van der Waals surface area (Å²) in [6, 6.07) is 8.54. The van der Waals surface area contributed by atoms with Gasteiger partial charge in [0.2, 0.25) is 5.88 Å². The third-order valence-electron chi connectivity index (χ3n) is 3.40. The van der Waals surface area contributed by atoms with E-state index < -0.39 is 40.4 Å². The minimum atomic E-state index is -4.80. The zero-order chi connectivity index (χ0) is 20.3. The number of thioether (sulfide) groups is 1. The molecule has 0 spiro atoms. The lowest BCUT2D eigenvalue weighted by atomic mass is 10.2. The van der Waals surface area contributed by atoms with Gasteiger partial charge in [-0.05, 0) is 24.3 Å². The van der Waals surface area contributed by atoms with Crippen molar-refractivity contribution in [1.82, 2.24) is 9.97 Å². The van der Waals surface area contributed by atoms with Crippen molar-refractivity contribution < 1.29 is 31.1 Å². The van der Waals surface area contributed by atoms with Crippen LogP contribution >= 0.6 is 11.8 Å². The number of hydrogen-bond acceptors (Lipinski definition) is 4. The minimum Gasteiger partial charge on any atom is -0.439 e. The summed E-state index contributed by atoms with van der Waals surface area (Å²) in [5, 5.41) is -0.399. The van der Waals surface area contributed by atoms with Crippen LogP contribution in [0.25, 0.3) is 0 Å². The van der Waals surface area contributed by atoms with Crippen molar-refractivity contribution in [2.24, 2.45) is 0 Å². The molecule has 1 heterocycles. The van der Waals surface area contributed by atoms with Crippen molar-refractivity contribution in [1.29, 1.82) is 0 Å². The normalized spacial score (nSPS) is 11.5. The number of nitrogens with zero attached hydrogens (tertiary/aromatic N) is 2. The lowest BCUT2D eigenvalue weighted by Crippen LogP contribution is -2.10. The Labute approximate surface area is 159 Å². The van der Waals surface area contributed by atoms with E-state index in [9.17, 15) is 26.3 Å². The van der Waals surface area contributed by atoms with E-state index in [1.165, 1.54) is 18.2 Å². The Balaban J connectivity index is 1.89. The molecule has 0 unspecified atom stereocenters. The molecule has 10 heteroatoms. The second-order valence-electron chi connectivity index (χ2n) is 5.42. The van der Waals surface area contributed by atoms with E-state index in [1.54, 1.807) is 0 Å². The zero-order valence-electron chi connectivity index (χ0n) is 13.8. The Kier molecular flexibility index (Phi) is 5.78. The zero-order valence-corrected chi connectivity index (χ0v) is 14.6. The average Bonchev–Trinajstić information content (AvgIpc) is 2.60. The number of benzene rings is 2. The van der Waals surface area contributed by atoms with Crippen molar-refractivity contribution in [2.45, 2.75) is 17.1 Å². The van der Waals surface area contributed by atoms with Crippen molar-refractivity contribution in [3.05, 3.63) is 77.2 Å². The molecule has 0 bridgehead atoms. The van der Waals surface area contributed by atoms with Crippen LogP contribution in [0.3, 0.4) is 0 Å². The molecule has 0 saturated carbocycles. The van der Waals surface area contributed by atoms with Crippen LogP contribution in [0.15, 0.2) is 53.7 Å². The predicted octanol–water partition coefficient (Wildman–Crippen LogP) is 6.00. The molecule has 0 aliphatic carbocycles. The maximum atomic E-state index is 13.7. The molecule has 0 N–H and O–H groups in total. The number of hydrogen-bond donors (Lipinski definition) is 0. The molecule has 0 aliphatic rings. The van der Waals surface area contributed by atoms with Gasteiger partial charge in [0.1, 0.15) is 23.2 Å². The van der Waals surface area contributed by atoms with E-state index in [2.05, 4.69) is 9.97 Å². The first kappa shape index (κ1) is 20.0. The molecule has 3 rings (SSSR count). The van der Waals surface area contributed by atoms with E-state index in [0.717, 1.165) is 24.3 Å². The van der Waals surface area contributed by atoms with Crippen molar-refractivity contribution >= 4 is 11.8 Å². The Bertz CT molecular complexity index is 976. The maximum absolute atomic E-state index is 13.7. The van der Waals surface area contributed by atoms with Crippen LogP contribution in [-0.4, -0.2) is 9.97 Å². The summed E-state index contributed by atoms with van der Waals surface area (Å²) in [4.78, 5) is 7.17. The molecule has 3 aromatic rings. The van der Waals surface area contributed by atoms with Crippen LogP contribution in [0.4, 0.5) is 26.3 Å². The Hall–Kier alpha value is -2.75. The third kappa shape index (κ3) is 4.94. The summed E-state index contributed by atoms with van der Waals surface area (Å²) < 4.78 is 85.1. The first-order valence-corrected chi connectivity index (χ1v) is 8.66. The molecule has 0 fully saturated rings. The lowest BCUT2D eigenvalue weighted by Gasteiger charge is -2.11. The number of rotatable bonds is 5. The van der Waals surface area contributed by atoms with E-state index in [4.69, 9.17) is 4.74 Å². The van der Waals surface area contributed by atoms with Crippen LogP contribution in [0.5, 0.6) is 11.6 Å². The number of halogens is 6. The highest BCUT2D eigenvalue weighted by Gasteiger charge is 2.34. The SMILES string of the molecule is Fc1cccc(Oc2cc(C(F)(F)F)nc(SCc3c(F)cccc3F)n2)c1. The summed E-state index contributed by atoms with van der Waals surface area (Å²) >= 11 is 0.604. The maximum Gasteiger partial charge on any atom is 0.433 e. The van der Waals surface area contributed by atoms with Crippen LogP contribution in [0.1, 0.15) is 11.3 Å². The summed E-state index contributed by atoms with van der Waals surface area (Å²) in [6.45, 7) is 0. The van der Waals surface area contributed by atoms with Crippen LogP contribution in [0, 0.1) is 17.5 Å². The molecular weight excluding hydrogens is 406 g/mol. The largest absolute Gasteiger partial charge is 0.439 e. The van der Waals surface area contributed by atoms with Crippen molar-refractivity contribution in [3.63, 3.8) is 0 Å². The fraction of sp³-hybridized carbons (Fsp3) is 0.111. The molecule has 146 valence electrons. The van der Waals surface area contributed by atoms with Crippen molar-refractivity contribution in [2.75, 3.05) is 0 Å². The quantitative estimate of drug-likeness (QED) is 0.290. The average molecular weight is 416 g/mol. The third-order valence-corrected chi connectivity index (χ3v) is 4.27. The van der Waals surface area contributed by atoms with Crippen LogP contribution in [0.2, 0.25) is 0 Å². The van der Waals surface area contributed by atoms with Gasteiger partial charge in [0.25, 0.3) is 0 Å². The van der Waals surface area contributed by atoms with Gasteiger partial charge in [-0.15, -0.1) is 0 Å². The molecule has 2 aromatic carbocycles. The highest BCUT2D eigenvalue weighted by molar-refractivity contribution is 7.98. The molecule has 0 atom stereocenters. The Morgan fingerprint density at radius 2 is 1.57 bits per heavy atom. The molecule has 0 saturated heterocycles. The first-order valence-electron chi connectivity index (χ1n) is 7.68. The monoisotopic (exact) mass is 416 g/mol. The Morgan fingerprint density at radius 3 is 2.21 bits per heavy atom. The van der Waals surface area contributed by atoms with E-state index in [1.807, 2.05) is 0 Å². The van der Waals surface area contributed by atoms with Crippen molar-refractivity contribution in [3.8, 4) is 11.6 Å². The van der Waals surface area contributed by atoms with Gasteiger partial charge in [-0.25, -0.2) is 18.2 Å². The summed E-state index contributed by atoms with van der Waals surface area (Å²) in [6.07, 6.45) is -4.80. The predicted molar refractivity (Wildman–Crippen MR) is 89.4 cm³/mol. The molecule has 28 heavy (non-hydrogen) atoms. The molecular formula is C18H10F6N2OS. The molecule has 0 radical (unpaired) electrons. The van der Waals surface area contributed by atoms with Crippen LogP contribution in [-0.2, 0) is 11.9 Å². The van der Waals surface area contributed by atoms with Gasteiger partial charge < -0.3 is 4.74 Å². The van der Waals surface area contributed by atoms with Gasteiger partial charge >= 0.3 is 6.18 Å². The van der Waals surface area contributed by atoms with E-state index >= 15 is 0 Å². The highest BCUT2D eigenvalue weighted by Crippen LogP contribution is 2.33. The molecule has 3 nitrogen and oxygen atoms in total. The second-order valence-corrected chi connectivity index (χ2v) is 6.36. The first-order chi connectivity index (χ1) is 13.2. The van der Waals surface area contributed by atoms with Gasteiger partial charge in [-0.2, -0.15) is 18.2 Å². The molecule has 0 amide bonds. The molecule has 1 aromatic heterocycles.